The summed E-state index contributed by atoms with van der Waals surface area (Å²) in [5.41, 5.74) is -3.24. The summed E-state index contributed by atoms with van der Waals surface area (Å²) in [5.74, 6) is 0. The molecular weight excluding hydrogens is 221 g/mol. The zero-order chi connectivity index (χ0) is 11.2. The van der Waals surface area contributed by atoms with E-state index in [1.165, 1.54) is 0 Å². The van der Waals surface area contributed by atoms with E-state index in [9.17, 15) is 13.2 Å². The molecule has 1 atom stereocenters. The van der Waals surface area contributed by atoms with Crippen LogP contribution < -0.4 is 0 Å². The molecule has 4 heteroatoms. The predicted octanol–water partition coefficient (Wildman–Crippen LogP) is 4.68. The summed E-state index contributed by atoms with van der Waals surface area (Å²) in [6, 6.07) is 6.76. The Bertz CT molecular complexity index is 508. The maximum absolute atomic E-state index is 12.8. The summed E-state index contributed by atoms with van der Waals surface area (Å²) in [4.78, 5) is 0.409. The van der Waals surface area contributed by atoms with Crippen molar-refractivity contribution in [2.45, 2.75) is 19.4 Å². The average molecular weight is 231 g/mol. The Labute approximate surface area is 88.3 Å². The van der Waals surface area contributed by atoms with Crippen LogP contribution in [-0.4, -0.2) is 0 Å². The van der Waals surface area contributed by atoms with Crippen molar-refractivity contribution in [2.75, 3.05) is 0 Å². The van der Waals surface area contributed by atoms with Crippen LogP contribution in [0.1, 0.15) is 10.4 Å². The SMILES string of the molecule is Cc1cccc2c1cc(C)[s+]2C(F)(F)F. The fourth-order valence-corrected chi connectivity index (χ4v) is 3.61. The van der Waals surface area contributed by atoms with Gasteiger partial charge in [0.25, 0.3) is 0 Å². The van der Waals surface area contributed by atoms with Crippen LogP contribution >= 0.6 is 10.5 Å². The number of benzene rings is 1. The highest BCUT2D eigenvalue weighted by atomic mass is 32.2. The van der Waals surface area contributed by atoms with Gasteiger partial charge in [-0.05, 0) is 18.6 Å². The van der Waals surface area contributed by atoms with E-state index in [2.05, 4.69) is 0 Å². The Morgan fingerprint density at radius 2 is 1.80 bits per heavy atom. The summed E-state index contributed by atoms with van der Waals surface area (Å²) in [6.07, 6.45) is 0. The van der Waals surface area contributed by atoms with Gasteiger partial charge in [-0.25, -0.2) is 0 Å². The summed E-state index contributed by atoms with van der Waals surface area (Å²) < 4.78 is 38.8. The molecule has 0 fully saturated rings. The molecule has 1 aromatic heterocycles. The third-order valence-corrected chi connectivity index (χ3v) is 4.43. The molecule has 1 heterocycles. The molecule has 0 amide bonds. The average Bonchev–Trinajstić information content (AvgIpc) is 2.41. The van der Waals surface area contributed by atoms with Crippen LogP contribution in [0, 0.1) is 13.8 Å². The highest BCUT2D eigenvalue weighted by Crippen LogP contribution is 2.50. The molecule has 0 saturated carbocycles. The molecule has 0 aliphatic carbocycles. The Hall–Kier alpha value is -1.03. The van der Waals surface area contributed by atoms with E-state index < -0.39 is 16.0 Å². The number of hydrogen-bond donors (Lipinski definition) is 0. The van der Waals surface area contributed by atoms with Crippen molar-refractivity contribution in [3.63, 3.8) is 0 Å². The second-order valence-corrected chi connectivity index (χ2v) is 5.65. The summed E-state index contributed by atoms with van der Waals surface area (Å²) in [7, 11) is -1.71. The molecule has 0 bridgehead atoms. The number of hydrogen-bond acceptors (Lipinski definition) is 0. The van der Waals surface area contributed by atoms with Gasteiger partial charge < -0.3 is 0 Å². The van der Waals surface area contributed by atoms with E-state index in [0.717, 1.165) is 10.9 Å². The number of alkyl halides is 3. The van der Waals surface area contributed by atoms with E-state index in [1.54, 1.807) is 25.1 Å². The van der Waals surface area contributed by atoms with E-state index in [4.69, 9.17) is 0 Å². The molecule has 0 N–H and O–H groups in total. The summed E-state index contributed by atoms with van der Waals surface area (Å²) in [6.45, 7) is 3.39. The molecule has 0 aliphatic heterocycles. The molecule has 0 saturated heterocycles. The van der Waals surface area contributed by atoms with E-state index >= 15 is 0 Å². The van der Waals surface area contributed by atoms with Crippen molar-refractivity contribution < 1.29 is 13.2 Å². The van der Waals surface area contributed by atoms with E-state index in [-0.39, 0.29) is 0 Å². The lowest BCUT2D eigenvalue weighted by molar-refractivity contribution is -0.0867. The molecule has 0 aliphatic rings. The maximum Gasteiger partial charge on any atom is 0.600 e. The third-order valence-electron chi connectivity index (χ3n) is 2.41. The van der Waals surface area contributed by atoms with Gasteiger partial charge in [0.05, 0.1) is 10.5 Å². The minimum absolute atomic E-state index is 0.409. The fraction of sp³-hybridized carbons (Fsp3) is 0.273. The van der Waals surface area contributed by atoms with Crippen LogP contribution in [0.25, 0.3) is 10.1 Å². The first-order valence-electron chi connectivity index (χ1n) is 4.50. The zero-order valence-electron chi connectivity index (χ0n) is 8.35. The van der Waals surface area contributed by atoms with Gasteiger partial charge in [-0.3, -0.25) is 0 Å². The lowest BCUT2D eigenvalue weighted by atomic mass is 10.1. The van der Waals surface area contributed by atoms with Gasteiger partial charge in [-0.2, -0.15) is 0 Å². The monoisotopic (exact) mass is 231 g/mol. The molecule has 0 spiro atoms. The first kappa shape index (κ1) is 10.5. The van der Waals surface area contributed by atoms with Gasteiger partial charge in [-0.1, -0.05) is 12.1 Å². The van der Waals surface area contributed by atoms with Crippen LogP contribution in [0.2, 0.25) is 0 Å². The van der Waals surface area contributed by atoms with Crippen molar-refractivity contribution in [3.05, 3.63) is 34.7 Å². The van der Waals surface area contributed by atoms with E-state index in [1.807, 2.05) is 13.0 Å². The number of thiophene rings is 1. The standard InChI is InChI=1S/C11H10F3S/c1-7-4-3-5-10-9(7)6-8(2)15(10)11(12,13)14/h3-6H,1-2H3/q+1. The topological polar surface area (TPSA) is 0 Å². The summed E-state index contributed by atoms with van der Waals surface area (Å²) >= 11 is 0. The fourth-order valence-electron chi connectivity index (χ4n) is 1.76. The smallest absolute Gasteiger partial charge is 0.118 e. The van der Waals surface area contributed by atoms with Crippen molar-refractivity contribution >= 4 is 20.6 Å². The quantitative estimate of drug-likeness (QED) is 0.577. The first-order valence-corrected chi connectivity index (χ1v) is 5.73. The molecule has 0 radical (unpaired) electrons. The molecular formula is C11H10F3S+. The van der Waals surface area contributed by atoms with Gasteiger partial charge in [0.15, 0.2) is 9.58 Å². The molecule has 2 rings (SSSR count). The largest absolute Gasteiger partial charge is 0.600 e. The van der Waals surface area contributed by atoms with Gasteiger partial charge in [0.1, 0.15) is 0 Å². The van der Waals surface area contributed by atoms with Gasteiger partial charge in [-0.15, -0.1) is 13.2 Å². The maximum atomic E-state index is 12.8. The van der Waals surface area contributed by atoms with Gasteiger partial charge in [0.2, 0.25) is 0 Å². The number of fused-ring (bicyclic) bond motifs is 1. The second-order valence-electron chi connectivity index (χ2n) is 3.49. The molecule has 2 aromatic rings. The number of aryl methyl sites for hydroxylation is 2. The number of halogens is 3. The van der Waals surface area contributed by atoms with Crippen LogP contribution in [-0.2, 0) is 5.51 Å². The Morgan fingerprint density at radius 1 is 1.13 bits per heavy atom. The normalized spacial score (nSPS) is 13.5. The van der Waals surface area contributed by atoms with Crippen LogP contribution in [0.5, 0.6) is 0 Å². The minimum atomic E-state index is -4.15. The Balaban J connectivity index is 2.86. The van der Waals surface area contributed by atoms with Crippen LogP contribution in [0.4, 0.5) is 13.2 Å². The lowest BCUT2D eigenvalue weighted by Crippen LogP contribution is -1.96. The zero-order valence-corrected chi connectivity index (χ0v) is 9.17. The van der Waals surface area contributed by atoms with Crippen molar-refractivity contribution in [2.24, 2.45) is 0 Å². The highest BCUT2D eigenvalue weighted by Gasteiger charge is 2.46. The first-order chi connectivity index (χ1) is 6.91. The van der Waals surface area contributed by atoms with Crippen LogP contribution in [0.3, 0.4) is 0 Å². The highest BCUT2D eigenvalue weighted by molar-refractivity contribution is 7.38. The third kappa shape index (κ3) is 1.63. The predicted molar refractivity (Wildman–Crippen MR) is 57.2 cm³/mol. The van der Waals surface area contributed by atoms with Crippen molar-refractivity contribution in [1.82, 2.24) is 0 Å². The molecule has 0 nitrogen and oxygen atoms in total. The van der Waals surface area contributed by atoms with E-state index in [0.29, 0.717) is 9.58 Å². The molecule has 80 valence electrons. The van der Waals surface area contributed by atoms with Crippen molar-refractivity contribution in [1.29, 1.82) is 0 Å². The number of rotatable bonds is 0. The van der Waals surface area contributed by atoms with Gasteiger partial charge >= 0.3 is 5.51 Å². The molecule has 15 heavy (non-hydrogen) atoms. The Morgan fingerprint density at radius 3 is 2.40 bits per heavy atom. The second kappa shape index (κ2) is 3.23. The van der Waals surface area contributed by atoms with Crippen LogP contribution in [0.15, 0.2) is 24.3 Å². The Kier molecular flexibility index (Phi) is 2.26. The van der Waals surface area contributed by atoms with Gasteiger partial charge in [0, 0.05) is 18.4 Å². The molecule has 1 unspecified atom stereocenters. The molecule has 1 aromatic carbocycles. The lowest BCUT2D eigenvalue weighted by Gasteiger charge is -1.97. The van der Waals surface area contributed by atoms with Crippen molar-refractivity contribution in [3.8, 4) is 0 Å². The minimum Gasteiger partial charge on any atom is -0.118 e. The summed E-state index contributed by atoms with van der Waals surface area (Å²) in [5, 5.41) is 0.746.